The molecular formula is C27H36F2N2O. The monoisotopic (exact) mass is 442 g/mol. The molecule has 0 saturated heterocycles. The van der Waals surface area contributed by atoms with Crippen LogP contribution in [0, 0.1) is 17.6 Å². The second-order valence-corrected chi connectivity index (χ2v) is 8.06. The molecule has 2 aromatic carbocycles. The molecule has 2 aliphatic rings. The van der Waals surface area contributed by atoms with E-state index < -0.39 is 11.6 Å². The lowest BCUT2D eigenvalue weighted by atomic mass is 9.90. The summed E-state index contributed by atoms with van der Waals surface area (Å²) in [6.45, 7) is 6.67. The minimum Gasteiger partial charge on any atom is -0.330 e. The van der Waals surface area contributed by atoms with Gasteiger partial charge >= 0.3 is 0 Å². The average Bonchev–Trinajstić information content (AvgIpc) is 3.29. The Morgan fingerprint density at radius 2 is 1.69 bits per heavy atom. The van der Waals surface area contributed by atoms with Gasteiger partial charge in [0.05, 0.1) is 6.04 Å². The van der Waals surface area contributed by atoms with E-state index in [-0.39, 0.29) is 24.1 Å². The fourth-order valence-electron chi connectivity index (χ4n) is 4.19. The van der Waals surface area contributed by atoms with Crippen LogP contribution in [0.15, 0.2) is 54.6 Å². The van der Waals surface area contributed by atoms with Crippen LogP contribution in [0.25, 0.3) is 5.57 Å². The highest BCUT2D eigenvalue weighted by Crippen LogP contribution is 2.35. The van der Waals surface area contributed by atoms with E-state index in [9.17, 15) is 13.6 Å². The first-order valence-electron chi connectivity index (χ1n) is 11.7. The second kappa shape index (κ2) is 13.1. The number of nitrogens with zero attached hydrogens (tertiary/aromatic N) is 1. The lowest BCUT2D eigenvalue weighted by Crippen LogP contribution is -2.29. The number of hydrogen-bond acceptors (Lipinski definition) is 2. The molecule has 1 aliphatic carbocycles. The summed E-state index contributed by atoms with van der Waals surface area (Å²) in [7, 11) is 0. The largest absolute Gasteiger partial charge is 0.330 e. The van der Waals surface area contributed by atoms with E-state index in [0.29, 0.717) is 5.57 Å². The minimum absolute atomic E-state index is 0.100. The fraction of sp³-hybridized carbons (Fsp3) is 0.444. The Morgan fingerprint density at radius 1 is 1.03 bits per heavy atom. The van der Waals surface area contributed by atoms with Gasteiger partial charge in [0.1, 0.15) is 11.6 Å². The summed E-state index contributed by atoms with van der Waals surface area (Å²) in [6, 6.07) is 12.6. The van der Waals surface area contributed by atoms with Crippen LogP contribution in [0.3, 0.4) is 0 Å². The van der Waals surface area contributed by atoms with Gasteiger partial charge in [0.2, 0.25) is 5.91 Å². The van der Waals surface area contributed by atoms with Crippen LogP contribution in [0.5, 0.6) is 0 Å². The fourth-order valence-corrected chi connectivity index (χ4v) is 4.19. The third-order valence-corrected chi connectivity index (χ3v) is 5.91. The van der Waals surface area contributed by atoms with E-state index in [2.05, 4.69) is 0 Å². The Hall–Kier alpha value is -2.53. The number of carbonyl (C=O) groups is 1. The molecule has 1 amide bonds. The van der Waals surface area contributed by atoms with E-state index in [1.54, 1.807) is 4.90 Å². The van der Waals surface area contributed by atoms with Crippen LogP contribution in [0.2, 0.25) is 0 Å². The number of carbonyl (C=O) groups excluding carboxylic acids is 1. The lowest BCUT2D eigenvalue weighted by molar-refractivity contribution is -0.129. The summed E-state index contributed by atoms with van der Waals surface area (Å²) in [5, 5.41) is 0. The van der Waals surface area contributed by atoms with Gasteiger partial charge in [0.25, 0.3) is 0 Å². The van der Waals surface area contributed by atoms with Crippen molar-refractivity contribution in [2.75, 3.05) is 13.1 Å². The van der Waals surface area contributed by atoms with Crippen molar-refractivity contribution in [3.63, 3.8) is 0 Å². The molecule has 32 heavy (non-hydrogen) atoms. The quantitative estimate of drug-likeness (QED) is 0.589. The van der Waals surface area contributed by atoms with Crippen LogP contribution < -0.4 is 5.73 Å². The first-order valence-corrected chi connectivity index (χ1v) is 11.7. The summed E-state index contributed by atoms with van der Waals surface area (Å²) >= 11 is 0. The SMILES string of the molecule is CC.CC(=O)N1CC(c2cc(F)ccc2F)=CC1c1ccccc1.NCC1CCCCC1. The molecule has 0 spiro atoms. The van der Waals surface area contributed by atoms with E-state index in [0.717, 1.165) is 30.2 Å². The highest BCUT2D eigenvalue weighted by atomic mass is 19.1. The zero-order valence-electron chi connectivity index (χ0n) is 19.5. The number of amides is 1. The zero-order valence-corrected chi connectivity index (χ0v) is 19.5. The zero-order chi connectivity index (χ0) is 23.5. The predicted molar refractivity (Wildman–Crippen MR) is 128 cm³/mol. The Bertz CT molecular complexity index is 876. The third-order valence-electron chi connectivity index (χ3n) is 5.91. The molecular weight excluding hydrogens is 406 g/mol. The molecule has 0 aromatic heterocycles. The maximum absolute atomic E-state index is 14.0. The van der Waals surface area contributed by atoms with Crippen molar-refractivity contribution in [3.8, 4) is 0 Å². The molecule has 3 nitrogen and oxygen atoms in total. The van der Waals surface area contributed by atoms with Crippen molar-refractivity contribution >= 4 is 11.5 Å². The molecule has 1 atom stereocenters. The molecule has 2 N–H and O–H groups in total. The van der Waals surface area contributed by atoms with Gasteiger partial charge in [0.15, 0.2) is 0 Å². The van der Waals surface area contributed by atoms with Gasteiger partial charge in [-0.2, -0.15) is 0 Å². The molecule has 174 valence electrons. The van der Waals surface area contributed by atoms with E-state index in [1.165, 1.54) is 45.1 Å². The van der Waals surface area contributed by atoms with E-state index >= 15 is 0 Å². The maximum atomic E-state index is 14.0. The van der Waals surface area contributed by atoms with Crippen LogP contribution in [0.1, 0.15) is 70.0 Å². The summed E-state index contributed by atoms with van der Waals surface area (Å²) < 4.78 is 27.4. The first kappa shape index (κ1) is 25.7. The molecule has 1 aliphatic heterocycles. The van der Waals surface area contributed by atoms with Crippen molar-refractivity contribution in [2.45, 2.75) is 58.9 Å². The Balaban J connectivity index is 0.000000304. The first-order chi connectivity index (χ1) is 15.5. The van der Waals surface area contributed by atoms with Gasteiger partial charge in [-0.1, -0.05) is 69.5 Å². The summed E-state index contributed by atoms with van der Waals surface area (Å²) in [4.78, 5) is 13.5. The van der Waals surface area contributed by atoms with Gasteiger partial charge in [-0.3, -0.25) is 4.79 Å². The van der Waals surface area contributed by atoms with E-state index in [4.69, 9.17) is 5.73 Å². The Morgan fingerprint density at radius 3 is 2.25 bits per heavy atom. The van der Waals surface area contributed by atoms with Crippen LogP contribution in [0.4, 0.5) is 8.78 Å². The topological polar surface area (TPSA) is 46.3 Å². The van der Waals surface area contributed by atoms with Crippen molar-refractivity contribution in [1.29, 1.82) is 0 Å². The molecule has 0 bridgehead atoms. The standard InChI is InChI=1S/C18H15F2NO.C7H15N.C2H6/c1-12(22)21-11-14(16-10-15(19)7-8-17(16)20)9-18(21)13-5-3-2-4-6-13;8-6-7-4-2-1-3-5-7;1-2/h2-10,18H,11H2,1H3;7H,1-6,8H2;1-2H3. The number of halogens is 2. The molecule has 0 radical (unpaired) electrons. The van der Waals surface area contributed by atoms with Crippen LogP contribution in [-0.2, 0) is 4.79 Å². The van der Waals surface area contributed by atoms with Crippen molar-refractivity contribution in [3.05, 3.63) is 77.4 Å². The molecule has 5 heteroatoms. The normalized spacial score (nSPS) is 18.1. The minimum atomic E-state index is -0.491. The summed E-state index contributed by atoms with van der Waals surface area (Å²) in [5.74, 6) is -0.208. The molecule has 1 heterocycles. The number of rotatable bonds is 3. The van der Waals surface area contributed by atoms with Crippen molar-refractivity contribution in [1.82, 2.24) is 4.90 Å². The van der Waals surface area contributed by atoms with Gasteiger partial charge in [-0.25, -0.2) is 8.78 Å². The summed E-state index contributed by atoms with van der Waals surface area (Å²) in [6.07, 6.45) is 8.88. The van der Waals surface area contributed by atoms with Crippen molar-refractivity contribution < 1.29 is 13.6 Å². The molecule has 4 rings (SSSR count). The molecule has 2 aromatic rings. The smallest absolute Gasteiger partial charge is 0.220 e. The average molecular weight is 443 g/mol. The van der Waals surface area contributed by atoms with Crippen LogP contribution in [-0.4, -0.2) is 23.9 Å². The number of benzene rings is 2. The van der Waals surface area contributed by atoms with Crippen LogP contribution >= 0.6 is 0 Å². The molecule has 1 saturated carbocycles. The highest BCUT2D eigenvalue weighted by Gasteiger charge is 2.29. The third kappa shape index (κ3) is 6.99. The predicted octanol–water partition coefficient (Wildman–Crippen LogP) is 6.50. The highest BCUT2D eigenvalue weighted by molar-refractivity contribution is 5.81. The van der Waals surface area contributed by atoms with Gasteiger partial charge in [-0.15, -0.1) is 0 Å². The lowest BCUT2D eigenvalue weighted by Gasteiger charge is -2.23. The van der Waals surface area contributed by atoms with Crippen molar-refractivity contribution in [2.24, 2.45) is 11.7 Å². The van der Waals surface area contributed by atoms with Gasteiger partial charge in [0, 0.05) is 19.0 Å². The molecule has 1 unspecified atom stereocenters. The maximum Gasteiger partial charge on any atom is 0.220 e. The number of hydrogen-bond donors (Lipinski definition) is 1. The number of nitrogens with two attached hydrogens (primary N) is 1. The van der Waals surface area contributed by atoms with Gasteiger partial charge in [-0.05, 0) is 54.6 Å². The van der Waals surface area contributed by atoms with E-state index in [1.807, 2.05) is 50.3 Å². The van der Waals surface area contributed by atoms with Gasteiger partial charge < -0.3 is 10.6 Å². The Kier molecular flexibility index (Phi) is 10.5. The second-order valence-electron chi connectivity index (χ2n) is 8.06. The Labute approximate surface area is 191 Å². The molecule has 1 fully saturated rings. The summed E-state index contributed by atoms with van der Waals surface area (Å²) in [5.41, 5.74) is 7.29.